The molecule has 0 aliphatic heterocycles. The van der Waals surface area contributed by atoms with Gasteiger partial charge in [0.2, 0.25) is 5.91 Å². The number of nitrogens with zero attached hydrogens (tertiary/aromatic N) is 1. The molecule has 1 fully saturated rings. The number of carbonyl (C=O) groups is 1. The third-order valence-electron chi connectivity index (χ3n) is 6.95. The average molecular weight is 423 g/mol. The van der Waals surface area contributed by atoms with Crippen LogP contribution in [0.5, 0.6) is 0 Å². The van der Waals surface area contributed by atoms with Crippen LogP contribution in [-0.4, -0.2) is 33.4 Å². The number of amides is 1. The lowest BCUT2D eigenvalue weighted by Gasteiger charge is -2.35. The fourth-order valence-electron chi connectivity index (χ4n) is 5.31. The van der Waals surface area contributed by atoms with E-state index in [1.165, 1.54) is 24.3 Å². The van der Waals surface area contributed by atoms with Crippen LogP contribution in [0, 0.1) is 5.92 Å². The molecule has 2 aromatic carbocycles. The van der Waals surface area contributed by atoms with Gasteiger partial charge in [0.05, 0.1) is 12.1 Å². The van der Waals surface area contributed by atoms with Crippen molar-refractivity contribution >= 4 is 5.91 Å². The van der Waals surface area contributed by atoms with Gasteiger partial charge in [-0.2, -0.15) is 5.06 Å². The highest BCUT2D eigenvalue weighted by molar-refractivity contribution is 5.76. The van der Waals surface area contributed by atoms with E-state index in [9.17, 15) is 15.1 Å². The van der Waals surface area contributed by atoms with Crippen LogP contribution in [0.15, 0.2) is 54.6 Å². The smallest absolute Gasteiger partial charge is 0.220 e. The second kappa shape index (κ2) is 10.4. The maximum atomic E-state index is 12.8. The van der Waals surface area contributed by atoms with Crippen molar-refractivity contribution in [3.05, 3.63) is 71.3 Å². The second-order valence-electron chi connectivity index (χ2n) is 9.10. The van der Waals surface area contributed by atoms with Gasteiger partial charge in [-0.05, 0) is 41.9 Å². The Morgan fingerprint density at radius 2 is 1.74 bits per heavy atom. The van der Waals surface area contributed by atoms with Crippen LogP contribution in [0.2, 0.25) is 0 Å². The molecule has 0 spiro atoms. The van der Waals surface area contributed by atoms with Gasteiger partial charge >= 0.3 is 0 Å². The highest BCUT2D eigenvalue weighted by atomic mass is 16.5. The minimum Gasteiger partial charge on any atom is -0.390 e. The summed E-state index contributed by atoms with van der Waals surface area (Å²) in [6, 6.07) is 17.5. The molecule has 0 saturated heterocycles. The standard InChI is InChI=1S/C26H34N2O3/c29-24-17-21-13-7-8-14-22(21)26(24)27-25(30)16-15-23(20-11-5-2-6-12-20)28(31)18-19-9-3-1-4-10-19/h1,3-4,7-10,13-14,20,23-24,26,29,31H,2,5-6,11-12,15-18H2,(H,27,30)/t23?,24-,26+/m1/s1. The highest BCUT2D eigenvalue weighted by Crippen LogP contribution is 2.33. The van der Waals surface area contributed by atoms with E-state index in [1.807, 2.05) is 54.6 Å². The maximum absolute atomic E-state index is 12.8. The molecule has 2 aromatic rings. The summed E-state index contributed by atoms with van der Waals surface area (Å²) in [7, 11) is 0. The van der Waals surface area contributed by atoms with Crippen molar-refractivity contribution in [2.75, 3.05) is 0 Å². The van der Waals surface area contributed by atoms with Crippen molar-refractivity contribution in [3.8, 4) is 0 Å². The first-order valence-corrected chi connectivity index (χ1v) is 11.7. The summed E-state index contributed by atoms with van der Waals surface area (Å²) >= 11 is 0. The Morgan fingerprint density at radius 3 is 2.52 bits per heavy atom. The monoisotopic (exact) mass is 422 g/mol. The van der Waals surface area contributed by atoms with E-state index in [1.54, 1.807) is 0 Å². The quantitative estimate of drug-likeness (QED) is 0.552. The Morgan fingerprint density at radius 1 is 1.03 bits per heavy atom. The van der Waals surface area contributed by atoms with Gasteiger partial charge < -0.3 is 15.6 Å². The predicted molar refractivity (Wildman–Crippen MR) is 120 cm³/mol. The van der Waals surface area contributed by atoms with E-state index in [-0.39, 0.29) is 18.0 Å². The first-order valence-electron chi connectivity index (χ1n) is 11.7. The summed E-state index contributed by atoms with van der Waals surface area (Å²) in [6.07, 6.45) is 6.81. The second-order valence-corrected chi connectivity index (χ2v) is 9.10. The Labute approximate surface area is 185 Å². The number of benzene rings is 2. The third kappa shape index (κ3) is 5.53. The van der Waals surface area contributed by atoms with Crippen molar-refractivity contribution in [3.63, 3.8) is 0 Å². The molecule has 3 atom stereocenters. The van der Waals surface area contributed by atoms with Crippen molar-refractivity contribution in [2.24, 2.45) is 5.92 Å². The maximum Gasteiger partial charge on any atom is 0.220 e. The summed E-state index contributed by atoms with van der Waals surface area (Å²) in [5, 5.41) is 25.9. The Balaban J connectivity index is 1.38. The number of hydrogen-bond donors (Lipinski definition) is 3. The molecule has 0 aromatic heterocycles. The molecule has 3 N–H and O–H groups in total. The van der Waals surface area contributed by atoms with Gasteiger partial charge in [0, 0.05) is 25.4 Å². The van der Waals surface area contributed by atoms with Gasteiger partial charge in [-0.25, -0.2) is 0 Å². The molecular formula is C26H34N2O3. The lowest BCUT2D eigenvalue weighted by Crippen LogP contribution is -2.40. The molecule has 1 saturated carbocycles. The third-order valence-corrected chi connectivity index (χ3v) is 6.95. The number of aliphatic hydroxyl groups is 1. The van der Waals surface area contributed by atoms with Gasteiger partial charge in [0.15, 0.2) is 0 Å². The van der Waals surface area contributed by atoms with E-state index >= 15 is 0 Å². The SMILES string of the molecule is O=C(CCC(C1CCCCC1)N(O)Cc1ccccc1)N[C@H]1c2ccccc2C[C@H]1O. The Bertz CT molecular complexity index is 851. The molecule has 0 bridgehead atoms. The topological polar surface area (TPSA) is 72.8 Å². The lowest BCUT2D eigenvalue weighted by atomic mass is 9.82. The van der Waals surface area contributed by atoms with Crippen LogP contribution >= 0.6 is 0 Å². The van der Waals surface area contributed by atoms with Crippen LogP contribution in [0.3, 0.4) is 0 Å². The molecule has 1 amide bonds. The molecule has 31 heavy (non-hydrogen) atoms. The Kier molecular flexibility index (Phi) is 7.38. The molecule has 2 aliphatic carbocycles. The van der Waals surface area contributed by atoms with Crippen LogP contribution in [0.4, 0.5) is 0 Å². The number of aliphatic hydroxyl groups excluding tert-OH is 1. The summed E-state index contributed by atoms with van der Waals surface area (Å²) in [5.41, 5.74) is 3.19. The van der Waals surface area contributed by atoms with Gasteiger partial charge in [-0.15, -0.1) is 0 Å². The summed E-state index contributed by atoms with van der Waals surface area (Å²) in [4.78, 5) is 12.8. The summed E-state index contributed by atoms with van der Waals surface area (Å²) in [6.45, 7) is 0.471. The number of hydrogen-bond acceptors (Lipinski definition) is 4. The van der Waals surface area contributed by atoms with Crippen LogP contribution in [0.1, 0.15) is 67.7 Å². The average Bonchev–Trinajstić information content (AvgIpc) is 3.10. The van der Waals surface area contributed by atoms with Crippen molar-refractivity contribution in [1.82, 2.24) is 10.4 Å². The van der Waals surface area contributed by atoms with Crippen molar-refractivity contribution in [2.45, 2.75) is 76.1 Å². The summed E-state index contributed by atoms with van der Waals surface area (Å²) in [5.74, 6) is 0.350. The normalized spacial score (nSPS) is 22.3. The van der Waals surface area contributed by atoms with Gasteiger partial charge in [-0.3, -0.25) is 4.79 Å². The predicted octanol–water partition coefficient (Wildman–Crippen LogP) is 4.38. The largest absolute Gasteiger partial charge is 0.390 e. The number of nitrogens with one attached hydrogen (secondary N) is 1. The van der Waals surface area contributed by atoms with Crippen molar-refractivity contribution in [1.29, 1.82) is 0 Å². The van der Waals surface area contributed by atoms with Gasteiger partial charge in [0.25, 0.3) is 0 Å². The Hall–Kier alpha value is -2.21. The van der Waals surface area contributed by atoms with Gasteiger partial charge in [-0.1, -0.05) is 73.9 Å². The molecule has 4 rings (SSSR count). The van der Waals surface area contributed by atoms with E-state index < -0.39 is 6.10 Å². The molecule has 5 heteroatoms. The number of carbonyl (C=O) groups excluding carboxylic acids is 1. The molecule has 5 nitrogen and oxygen atoms in total. The molecule has 0 heterocycles. The van der Waals surface area contributed by atoms with E-state index in [0.29, 0.717) is 31.7 Å². The van der Waals surface area contributed by atoms with E-state index in [4.69, 9.17) is 0 Å². The first kappa shape index (κ1) is 22.0. The summed E-state index contributed by atoms with van der Waals surface area (Å²) < 4.78 is 0. The number of hydroxylamine groups is 2. The molecule has 1 unspecified atom stereocenters. The molecular weight excluding hydrogens is 388 g/mol. The van der Waals surface area contributed by atoms with Crippen molar-refractivity contribution < 1.29 is 15.1 Å². The van der Waals surface area contributed by atoms with Crippen LogP contribution < -0.4 is 5.32 Å². The molecule has 166 valence electrons. The first-order chi connectivity index (χ1) is 15.1. The van der Waals surface area contributed by atoms with Crippen LogP contribution in [-0.2, 0) is 17.8 Å². The minimum absolute atomic E-state index is 0.0351. The molecule has 2 aliphatic rings. The highest BCUT2D eigenvalue weighted by Gasteiger charge is 2.33. The minimum atomic E-state index is -0.581. The number of fused-ring (bicyclic) bond motifs is 1. The molecule has 0 radical (unpaired) electrons. The van der Waals surface area contributed by atoms with Crippen LogP contribution in [0.25, 0.3) is 0 Å². The number of rotatable bonds is 8. The van der Waals surface area contributed by atoms with E-state index in [0.717, 1.165) is 29.5 Å². The van der Waals surface area contributed by atoms with E-state index in [2.05, 4.69) is 5.32 Å². The zero-order chi connectivity index (χ0) is 21.6. The zero-order valence-corrected chi connectivity index (χ0v) is 18.1. The lowest BCUT2D eigenvalue weighted by molar-refractivity contribution is -0.156. The zero-order valence-electron chi connectivity index (χ0n) is 18.1. The fourth-order valence-corrected chi connectivity index (χ4v) is 5.31. The van der Waals surface area contributed by atoms with Gasteiger partial charge in [0.1, 0.15) is 0 Å². The fraction of sp³-hybridized carbons (Fsp3) is 0.500.